The van der Waals surface area contributed by atoms with Crippen LogP contribution < -0.4 is 5.32 Å². The number of carboxylic acid groups (broad SMARTS) is 1. The highest BCUT2D eigenvalue weighted by Gasteiger charge is 2.65. The van der Waals surface area contributed by atoms with Crippen molar-refractivity contribution < 1.29 is 14.7 Å². The highest BCUT2D eigenvalue weighted by Crippen LogP contribution is 2.58. The minimum atomic E-state index is -0.916. The number of amides is 1. The van der Waals surface area contributed by atoms with E-state index in [0.717, 1.165) is 12.0 Å². The molecule has 2 rings (SSSR count). The Hall–Kier alpha value is -1.85. The number of aromatic nitrogens is 2. The second-order valence-corrected chi connectivity index (χ2v) is 5.23. The highest BCUT2D eigenvalue weighted by molar-refractivity contribution is 5.99. The maximum atomic E-state index is 12.0. The molecule has 0 saturated heterocycles. The molecule has 2 atom stereocenters. The Morgan fingerprint density at radius 1 is 1.50 bits per heavy atom. The molecule has 0 radical (unpaired) electrons. The molecule has 1 amide bonds. The van der Waals surface area contributed by atoms with Crippen molar-refractivity contribution >= 4 is 17.7 Å². The lowest BCUT2D eigenvalue weighted by Crippen LogP contribution is -2.18. The van der Waals surface area contributed by atoms with E-state index in [9.17, 15) is 9.59 Å². The first-order chi connectivity index (χ1) is 8.39. The van der Waals surface area contributed by atoms with Gasteiger partial charge in [-0.1, -0.05) is 20.8 Å². The van der Waals surface area contributed by atoms with Crippen LogP contribution in [-0.2, 0) is 16.0 Å². The fourth-order valence-electron chi connectivity index (χ4n) is 2.48. The molecule has 6 nitrogen and oxygen atoms in total. The molecular weight excluding hydrogens is 234 g/mol. The maximum absolute atomic E-state index is 12.0. The molecule has 0 aliphatic heterocycles. The first-order valence-electron chi connectivity index (χ1n) is 5.95. The van der Waals surface area contributed by atoms with Gasteiger partial charge in [-0.2, -0.15) is 5.10 Å². The number of aryl methyl sites for hydroxylation is 1. The van der Waals surface area contributed by atoms with E-state index < -0.39 is 23.2 Å². The van der Waals surface area contributed by atoms with Gasteiger partial charge in [-0.05, 0) is 11.8 Å². The summed E-state index contributed by atoms with van der Waals surface area (Å²) in [6, 6.07) is 0. The maximum Gasteiger partial charge on any atom is 0.307 e. The van der Waals surface area contributed by atoms with Crippen molar-refractivity contribution in [3.8, 4) is 0 Å². The number of aliphatic carboxylic acids is 1. The zero-order chi connectivity index (χ0) is 13.5. The molecule has 6 heteroatoms. The van der Waals surface area contributed by atoms with E-state index >= 15 is 0 Å². The van der Waals surface area contributed by atoms with Crippen molar-refractivity contribution in [1.82, 2.24) is 10.2 Å². The van der Waals surface area contributed by atoms with Gasteiger partial charge >= 0.3 is 5.97 Å². The molecule has 98 valence electrons. The summed E-state index contributed by atoms with van der Waals surface area (Å²) in [5, 5.41) is 18.3. The summed E-state index contributed by atoms with van der Waals surface area (Å²) in [5.74, 6) is -1.70. The van der Waals surface area contributed by atoms with E-state index in [2.05, 4.69) is 15.5 Å². The predicted molar refractivity (Wildman–Crippen MR) is 65.0 cm³/mol. The number of aromatic amines is 1. The zero-order valence-electron chi connectivity index (χ0n) is 10.7. The van der Waals surface area contributed by atoms with Crippen molar-refractivity contribution in [3.63, 3.8) is 0 Å². The highest BCUT2D eigenvalue weighted by atomic mass is 16.4. The van der Waals surface area contributed by atoms with Gasteiger partial charge in [0.25, 0.3) is 0 Å². The van der Waals surface area contributed by atoms with E-state index in [1.807, 2.05) is 6.92 Å². The molecule has 18 heavy (non-hydrogen) atoms. The average Bonchev–Trinajstić information content (AvgIpc) is 2.66. The van der Waals surface area contributed by atoms with Gasteiger partial charge in [-0.25, -0.2) is 0 Å². The number of rotatable bonds is 4. The zero-order valence-corrected chi connectivity index (χ0v) is 10.7. The van der Waals surface area contributed by atoms with Crippen LogP contribution in [0.3, 0.4) is 0 Å². The van der Waals surface area contributed by atoms with Gasteiger partial charge in [-0.15, -0.1) is 0 Å². The minimum Gasteiger partial charge on any atom is -0.481 e. The fraction of sp³-hybridized carbons (Fsp3) is 0.583. The molecule has 0 aromatic carbocycles. The Morgan fingerprint density at radius 2 is 2.17 bits per heavy atom. The molecule has 1 heterocycles. The number of carbonyl (C=O) groups excluding carboxylic acids is 1. The number of anilines is 1. The van der Waals surface area contributed by atoms with E-state index in [4.69, 9.17) is 5.11 Å². The fourth-order valence-corrected chi connectivity index (χ4v) is 2.48. The normalized spacial score (nSPS) is 24.6. The first kappa shape index (κ1) is 12.6. The third kappa shape index (κ3) is 1.87. The number of hydrogen-bond acceptors (Lipinski definition) is 3. The van der Waals surface area contributed by atoms with Gasteiger partial charge in [0.15, 0.2) is 0 Å². The summed E-state index contributed by atoms with van der Waals surface area (Å²) >= 11 is 0. The smallest absolute Gasteiger partial charge is 0.307 e. The number of hydrogen-bond donors (Lipinski definition) is 3. The number of H-pyrrole nitrogens is 1. The lowest BCUT2D eigenvalue weighted by atomic mass is 10.1. The molecule has 1 aromatic heterocycles. The second kappa shape index (κ2) is 4.12. The van der Waals surface area contributed by atoms with E-state index in [0.29, 0.717) is 5.82 Å². The summed E-state index contributed by atoms with van der Waals surface area (Å²) in [4.78, 5) is 23.1. The third-order valence-corrected chi connectivity index (χ3v) is 3.72. The molecule has 0 bridgehead atoms. The molecule has 1 saturated carbocycles. The molecule has 1 aromatic rings. The van der Waals surface area contributed by atoms with Crippen LogP contribution >= 0.6 is 0 Å². The summed E-state index contributed by atoms with van der Waals surface area (Å²) in [6.45, 7) is 5.55. The Morgan fingerprint density at radius 3 is 2.67 bits per heavy atom. The van der Waals surface area contributed by atoms with Crippen LogP contribution in [0.1, 0.15) is 26.3 Å². The van der Waals surface area contributed by atoms with Gasteiger partial charge in [0.05, 0.1) is 18.0 Å². The molecule has 0 unspecified atom stereocenters. The Bertz CT molecular complexity index is 493. The Kier molecular flexibility index (Phi) is 2.88. The molecule has 1 fully saturated rings. The molecule has 1 aliphatic carbocycles. The molecule has 3 N–H and O–H groups in total. The van der Waals surface area contributed by atoms with Crippen LogP contribution in [0.25, 0.3) is 0 Å². The van der Waals surface area contributed by atoms with E-state index in [1.54, 1.807) is 20.0 Å². The van der Waals surface area contributed by atoms with Crippen LogP contribution in [-0.4, -0.2) is 27.2 Å². The van der Waals surface area contributed by atoms with Gasteiger partial charge in [-0.3, -0.25) is 14.7 Å². The van der Waals surface area contributed by atoms with Crippen molar-refractivity contribution in [3.05, 3.63) is 11.8 Å². The van der Waals surface area contributed by atoms with Crippen molar-refractivity contribution in [1.29, 1.82) is 0 Å². The van der Waals surface area contributed by atoms with Crippen molar-refractivity contribution in [2.75, 3.05) is 5.32 Å². The van der Waals surface area contributed by atoms with Crippen molar-refractivity contribution in [2.45, 2.75) is 27.2 Å². The largest absolute Gasteiger partial charge is 0.481 e. The lowest BCUT2D eigenvalue weighted by Gasteiger charge is -2.05. The predicted octanol–water partition coefficient (Wildman–Crippen LogP) is 1.27. The first-order valence-corrected chi connectivity index (χ1v) is 5.95. The number of nitrogens with zero attached hydrogens (tertiary/aromatic N) is 1. The second-order valence-electron chi connectivity index (χ2n) is 5.23. The number of nitrogens with one attached hydrogen (secondary N) is 2. The number of carbonyl (C=O) groups is 2. The number of carboxylic acids is 1. The average molecular weight is 251 g/mol. The van der Waals surface area contributed by atoms with Crippen LogP contribution in [0.4, 0.5) is 5.82 Å². The quantitative estimate of drug-likeness (QED) is 0.750. The Balaban J connectivity index is 2.09. The van der Waals surface area contributed by atoms with Gasteiger partial charge in [0.1, 0.15) is 5.82 Å². The molecule has 1 aliphatic rings. The molecular formula is C12H17N3O3. The van der Waals surface area contributed by atoms with Crippen molar-refractivity contribution in [2.24, 2.45) is 17.3 Å². The van der Waals surface area contributed by atoms with Crippen LogP contribution in [0, 0.1) is 17.3 Å². The third-order valence-electron chi connectivity index (χ3n) is 3.72. The monoisotopic (exact) mass is 251 g/mol. The summed E-state index contributed by atoms with van der Waals surface area (Å²) in [6.07, 6.45) is 2.41. The SMILES string of the molecule is CCc1cn[nH]c1NC(=O)[C@H]1[C@@H](C(=O)O)C1(C)C. The summed E-state index contributed by atoms with van der Waals surface area (Å²) in [7, 11) is 0. The topological polar surface area (TPSA) is 95.1 Å². The standard InChI is InChI=1S/C12H17N3O3/c1-4-6-5-13-15-9(6)14-10(16)7-8(11(17)18)12(7,2)3/h5,7-8H,4H2,1-3H3,(H,17,18)(H2,13,14,15,16)/t7-,8+/m1/s1. The van der Waals surface area contributed by atoms with Crippen LogP contribution in [0.15, 0.2) is 6.20 Å². The van der Waals surface area contributed by atoms with Gasteiger partial charge in [0, 0.05) is 5.56 Å². The summed E-state index contributed by atoms with van der Waals surface area (Å²) in [5.41, 5.74) is 0.427. The van der Waals surface area contributed by atoms with E-state index in [-0.39, 0.29) is 5.91 Å². The Labute approximate surface area is 105 Å². The van der Waals surface area contributed by atoms with Gasteiger partial charge < -0.3 is 10.4 Å². The van der Waals surface area contributed by atoms with E-state index in [1.165, 1.54) is 0 Å². The van der Waals surface area contributed by atoms with Gasteiger partial charge in [0.2, 0.25) is 5.91 Å². The lowest BCUT2D eigenvalue weighted by molar-refractivity contribution is -0.140. The molecule has 0 spiro atoms. The van der Waals surface area contributed by atoms with Crippen LogP contribution in [0.5, 0.6) is 0 Å². The minimum absolute atomic E-state index is 0.258. The summed E-state index contributed by atoms with van der Waals surface area (Å²) < 4.78 is 0. The van der Waals surface area contributed by atoms with Crippen LogP contribution in [0.2, 0.25) is 0 Å².